The van der Waals surface area contributed by atoms with E-state index in [2.05, 4.69) is 5.32 Å². The van der Waals surface area contributed by atoms with Crippen molar-refractivity contribution in [2.75, 3.05) is 19.7 Å². The predicted molar refractivity (Wildman–Crippen MR) is 68.9 cm³/mol. The number of primary sulfonamides is 1. The van der Waals surface area contributed by atoms with E-state index < -0.39 is 10.0 Å². The quantitative estimate of drug-likeness (QED) is 0.844. The first-order valence-corrected chi connectivity index (χ1v) is 7.57. The molecule has 1 unspecified atom stereocenters. The third-order valence-corrected chi connectivity index (χ3v) is 3.97. The third-order valence-electron chi connectivity index (χ3n) is 3.04. The second-order valence-corrected chi connectivity index (χ2v) is 6.10. The van der Waals surface area contributed by atoms with E-state index in [0.29, 0.717) is 18.3 Å². The van der Waals surface area contributed by atoms with Gasteiger partial charge in [0.2, 0.25) is 10.0 Å². The van der Waals surface area contributed by atoms with Crippen LogP contribution >= 0.6 is 0 Å². The molecule has 1 atom stereocenters. The van der Waals surface area contributed by atoms with E-state index in [4.69, 9.17) is 9.88 Å². The molecule has 1 aromatic rings. The Balaban J connectivity index is 1.90. The van der Waals surface area contributed by atoms with E-state index in [1.165, 1.54) is 25.0 Å². The molecular weight excluding hydrogens is 252 g/mol. The molecule has 2 rings (SSSR count). The van der Waals surface area contributed by atoms with Gasteiger partial charge in [-0.3, -0.25) is 0 Å². The van der Waals surface area contributed by atoms with Crippen molar-refractivity contribution in [2.24, 2.45) is 11.1 Å². The maximum Gasteiger partial charge on any atom is 0.238 e. The highest BCUT2D eigenvalue weighted by molar-refractivity contribution is 7.89. The highest BCUT2D eigenvalue weighted by atomic mass is 32.2. The van der Waals surface area contributed by atoms with Gasteiger partial charge in [0.1, 0.15) is 5.75 Å². The summed E-state index contributed by atoms with van der Waals surface area (Å²) in [6, 6.07) is 6.19. The predicted octanol–water partition coefficient (Wildman–Crippen LogP) is 0.712. The Kier molecular flexibility index (Phi) is 4.21. The maximum atomic E-state index is 11.1. The standard InChI is InChI=1S/C12H18N2O3S/c13-18(15,16)12-5-3-11(4-6-12)17-9-10-2-1-7-14-8-10/h3-6,10,14H,1-2,7-9H2,(H2,13,15,16). The van der Waals surface area contributed by atoms with Gasteiger partial charge in [-0.05, 0) is 43.7 Å². The van der Waals surface area contributed by atoms with Crippen LogP contribution < -0.4 is 15.2 Å². The van der Waals surface area contributed by atoms with E-state index in [-0.39, 0.29) is 4.90 Å². The van der Waals surface area contributed by atoms with Crippen molar-refractivity contribution < 1.29 is 13.2 Å². The lowest BCUT2D eigenvalue weighted by Gasteiger charge is -2.22. The molecule has 1 saturated heterocycles. The van der Waals surface area contributed by atoms with Crippen molar-refractivity contribution >= 4 is 10.0 Å². The average Bonchev–Trinajstić information content (AvgIpc) is 2.37. The van der Waals surface area contributed by atoms with Gasteiger partial charge in [-0.15, -0.1) is 0 Å². The van der Waals surface area contributed by atoms with Gasteiger partial charge in [0.25, 0.3) is 0 Å². The summed E-state index contributed by atoms with van der Waals surface area (Å²) in [4.78, 5) is 0.106. The summed E-state index contributed by atoms with van der Waals surface area (Å²) in [5.74, 6) is 1.20. The fourth-order valence-electron chi connectivity index (χ4n) is 2.01. The van der Waals surface area contributed by atoms with Gasteiger partial charge in [-0.2, -0.15) is 0 Å². The molecule has 1 heterocycles. The van der Waals surface area contributed by atoms with Crippen LogP contribution in [0.1, 0.15) is 12.8 Å². The van der Waals surface area contributed by atoms with E-state index in [9.17, 15) is 8.42 Å². The third kappa shape index (κ3) is 3.69. The van der Waals surface area contributed by atoms with Gasteiger partial charge >= 0.3 is 0 Å². The van der Waals surface area contributed by atoms with Crippen molar-refractivity contribution in [3.63, 3.8) is 0 Å². The molecule has 1 aliphatic heterocycles. The van der Waals surface area contributed by atoms with E-state index in [0.717, 1.165) is 13.1 Å². The van der Waals surface area contributed by atoms with Crippen LogP contribution in [-0.4, -0.2) is 28.1 Å². The molecule has 6 heteroatoms. The highest BCUT2D eigenvalue weighted by Gasteiger charge is 2.13. The summed E-state index contributed by atoms with van der Waals surface area (Å²) in [6.45, 7) is 2.72. The number of sulfonamides is 1. The molecule has 100 valence electrons. The van der Waals surface area contributed by atoms with Crippen LogP contribution in [0.4, 0.5) is 0 Å². The summed E-state index contributed by atoms with van der Waals surface area (Å²) >= 11 is 0. The van der Waals surface area contributed by atoms with Gasteiger partial charge in [0.05, 0.1) is 11.5 Å². The molecule has 0 spiro atoms. The van der Waals surface area contributed by atoms with Crippen molar-refractivity contribution in [3.8, 4) is 5.75 Å². The average molecular weight is 270 g/mol. The Labute approximate surface area is 107 Å². The van der Waals surface area contributed by atoms with Crippen molar-refractivity contribution in [1.29, 1.82) is 0 Å². The summed E-state index contributed by atoms with van der Waals surface area (Å²) in [5.41, 5.74) is 0. The summed E-state index contributed by atoms with van der Waals surface area (Å²) in [5, 5.41) is 8.35. The lowest BCUT2D eigenvalue weighted by molar-refractivity contribution is 0.218. The minimum absolute atomic E-state index is 0.106. The molecule has 1 aromatic carbocycles. The van der Waals surface area contributed by atoms with Crippen LogP contribution in [0.15, 0.2) is 29.2 Å². The Morgan fingerprint density at radius 1 is 1.33 bits per heavy atom. The molecule has 0 aliphatic carbocycles. The number of piperidine rings is 1. The molecule has 5 nitrogen and oxygen atoms in total. The van der Waals surface area contributed by atoms with Gasteiger partial charge in [0.15, 0.2) is 0 Å². The normalized spacial score (nSPS) is 20.6. The molecule has 0 aromatic heterocycles. The largest absolute Gasteiger partial charge is 0.493 e. The van der Waals surface area contributed by atoms with Crippen LogP contribution in [-0.2, 0) is 10.0 Å². The zero-order chi connectivity index (χ0) is 13.0. The Hall–Kier alpha value is -1.11. The van der Waals surface area contributed by atoms with Crippen LogP contribution in [0.3, 0.4) is 0 Å². The highest BCUT2D eigenvalue weighted by Crippen LogP contribution is 2.17. The number of ether oxygens (including phenoxy) is 1. The topological polar surface area (TPSA) is 81.4 Å². The van der Waals surface area contributed by atoms with Gasteiger partial charge in [-0.1, -0.05) is 0 Å². The van der Waals surface area contributed by atoms with Crippen LogP contribution in [0, 0.1) is 5.92 Å². The summed E-state index contributed by atoms with van der Waals surface area (Å²) < 4.78 is 27.8. The fourth-order valence-corrected chi connectivity index (χ4v) is 2.52. The molecule has 1 aliphatic rings. The number of nitrogens with two attached hydrogens (primary N) is 1. The smallest absolute Gasteiger partial charge is 0.238 e. The number of nitrogens with one attached hydrogen (secondary N) is 1. The van der Waals surface area contributed by atoms with Gasteiger partial charge in [-0.25, -0.2) is 13.6 Å². The van der Waals surface area contributed by atoms with E-state index in [1.807, 2.05) is 0 Å². The summed E-state index contributed by atoms with van der Waals surface area (Å²) in [7, 11) is -3.62. The number of benzene rings is 1. The molecular formula is C12H18N2O3S. The molecule has 18 heavy (non-hydrogen) atoms. The number of hydrogen-bond acceptors (Lipinski definition) is 4. The Morgan fingerprint density at radius 2 is 2.06 bits per heavy atom. The lowest BCUT2D eigenvalue weighted by atomic mass is 10.0. The van der Waals surface area contributed by atoms with Crippen molar-refractivity contribution in [3.05, 3.63) is 24.3 Å². The Morgan fingerprint density at radius 3 is 2.61 bits per heavy atom. The monoisotopic (exact) mass is 270 g/mol. The van der Waals surface area contributed by atoms with Gasteiger partial charge < -0.3 is 10.1 Å². The molecule has 0 saturated carbocycles. The van der Waals surface area contributed by atoms with E-state index in [1.54, 1.807) is 12.1 Å². The first-order valence-electron chi connectivity index (χ1n) is 6.02. The molecule has 1 fully saturated rings. The molecule has 0 radical (unpaired) electrons. The Bertz CT molecular complexity index is 479. The lowest BCUT2D eigenvalue weighted by Crippen LogP contribution is -2.33. The van der Waals surface area contributed by atoms with Crippen LogP contribution in [0.5, 0.6) is 5.75 Å². The van der Waals surface area contributed by atoms with Crippen molar-refractivity contribution in [2.45, 2.75) is 17.7 Å². The SMILES string of the molecule is NS(=O)(=O)c1ccc(OCC2CCCNC2)cc1. The van der Waals surface area contributed by atoms with Crippen molar-refractivity contribution in [1.82, 2.24) is 5.32 Å². The second-order valence-electron chi connectivity index (χ2n) is 4.54. The number of rotatable bonds is 4. The minimum Gasteiger partial charge on any atom is -0.493 e. The molecule has 3 N–H and O–H groups in total. The zero-order valence-corrected chi connectivity index (χ0v) is 10.9. The minimum atomic E-state index is -3.62. The van der Waals surface area contributed by atoms with E-state index >= 15 is 0 Å². The van der Waals surface area contributed by atoms with Crippen LogP contribution in [0.25, 0.3) is 0 Å². The second kappa shape index (κ2) is 5.69. The first-order chi connectivity index (χ1) is 8.55. The molecule has 0 bridgehead atoms. The fraction of sp³-hybridized carbons (Fsp3) is 0.500. The molecule has 0 amide bonds. The maximum absolute atomic E-state index is 11.1. The number of hydrogen-bond donors (Lipinski definition) is 2. The summed E-state index contributed by atoms with van der Waals surface area (Å²) in [6.07, 6.45) is 2.35. The first kappa shape index (κ1) is 13.3. The van der Waals surface area contributed by atoms with Crippen LogP contribution in [0.2, 0.25) is 0 Å². The van der Waals surface area contributed by atoms with Gasteiger partial charge in [0, 0.05) is 12.5 Å². The zero-order valence-electron chi connectivity index (χ0n) is 10.1.